The predicted molar refractivity (Wildman–Crippen MR) is 24.7 cm³/mol. The molecule has 1 saturated heterocycles. The van der Waals surface area contributed by atoms with Crippen LogP contribution < -0.4 is 5.90 Å². The van der Waals surface area contributed by atoms with Crippen molar-refractivity contribution < 1.29 is 20.9 Å². The molecule has 0 aromatic heterocycles. The second-order valence-corrected chi connectivity index (χ2v) is 2.65. The molecule has 1 aliphatic rings. The summed E-state index contributed by atoms with van der Waals surface area (Å²) >= 11 is 0.456. The van der Waals surface area contributed by atoms with Crippen molar-refractivity contribution in [2.45, 2.75) is 0 Å². The van der Waals surface area contributed by atoms with E-state index in [1.165, 1.54) is 0 Å². The zero-order valence-corrected chi connectivity index (χ0v) is 5.11. The van der Waals surface area contributed by atoms with Gasteiger partial charge in [0.05, 0.1) is 0 Å². The molecule has 8 heavy (non-hydrogen) atoms. The fourth-order valence-electron chi connectivity index (χ4n) is 0.0731. The summed E-state index contributed by atoms with van der Waals surface area (Å²) in [7, 11) is -3.52. The third kappa shape index (κ3) is 2.45. The molecule has 0 atom stereocenters. The van der Waals surface area contributed by atoms with Gasteiger partial charge in [0.15, 0.2) is 12.3 Å². The van der Waals surface area contributed by atoms with E-state index in [1.807, 2.05) is 0 Å². The molecular formula is H3NO5S2. The lowest BCUT2D eigenvalue weighted by molar-refractivity contribution is 0.311. The fraction of sp³-hybridized carbons (Fsp3) is 0. The Morgan fingerprint density at radius 3 is 1.62 bits per heavy atom. The van der Waals surface area contributed by atoms with Crippen LogP contribution in [0.2, 0.25) is 0 Å². The van der Waals surface area contributed by atoms with Gasteiger partial charge in [-0.2, -0.15) is 8.42 Å². The predicted octanol–water partition coefficient (Wildman–Crippen LogP) is -0.825. The Labute approximate surface area is 50.3 Å². The Balaban J connectivity index is 0.000000222. The second kappa shape index (κ2) is 3.22. The van der Waals surface area contributed by atoms with Crippen molar-refractivity contribution >= 4 is 22.7 Å². The molecule has 0 radical (unpaired) electrons. The van der Waals surface area contributed by atoms with Gasteiger partial charge in [0.1, 0.15) is 0 Å². The van der Waals surface area contributed by atoms with Crippen molar-refractivity contribution in [2.24, 2.45) is 5.90 Å². The molecule has 0 spiro atoms. The molecule has 0 aliphatic carbocycles. The maximum absolute atomic E-state index is 9.62. The third-order valence-electron chi connectivity index (χ3n) is 0.222. The highest BCUT2D eigenvalue weighted by Crippen LogP contribution is 2.25. The highest BCUT2D eigenvalue weighted by molar-refractivity contribution is 8.12. The van der Waals surface area contributed by atoms with E-state index in [0.717, 1.165) is 0 Å². The van der Waals surface area contributed by atoms with E-state index in [1.54, 1.807) is 0 Å². The Kier molecular flexibility index (Phi) is 3.28. The quantitative estimate of drug-likeness (QED) is 0.353. The molecule has 1 heterocycles. The first kappa shape index (κ1) is 8.14. The van der Waals surface area contributed by atoms with E-state index >= 15 is 0 Å². The Bertz CT molecular complexity index is 125. The maximum Gasteiger partial charge on any atom is 0.425 e. The largest absolute Gasteiger partial charge is 0.425 e. The summed E-state index contributed by atoms with van der Waals surface area (Å²) in [5.74, 6) is 3.50. The van der Waals surface area contributed by atoms with Crippen LogP contribution in [0.25, 0.3) is 0 Å². The van der Waals surface area contributed by atoms with Crippen LogP contribution in [-0.4, -0.2) is 13.6 Å². The van der Waals surface area contributed by atoms with E-state index in [-0.39, 0.29) is 0 Å². The van der Waals surface area contributed by atoms with Gasteiger partial charge in [-0.05, 0) is 0 Å². The monoisotopic (exact) mass is 161 g/mol. The van der Waals surface area contributed by atoms with Crippen LogP contribution in [0, 0.1) is 0 Å². The van der Waals surface area contributed by atoms with E-state index in [0.29, 0.717) is 12.3 Å². The standard InChI is InChI=1S/H3NO.O4S2/c1-2;1-6(2)3-5-4-6/h2H,1H2;. The van der Waals surface area contributed by atoms with Gasteiger partial charge in [0.2, 0.25) is 0 Å². The van der Waals surface area contributed by atoms with E-state index in [9.17, 15) is 8.42 Å². The minimum absolute atomic E-state index is 0.456. The van der Waals surface area contributed by atoms with Gasteiger partial charge in [0.25, 0.3) is 0 Å². The van der Waals surface area contributed by atoms with Crippen molar-refractivity contribution in [3.63, 3.8) is 0 Å². The van der Waals surface area contributed by atoms with Crippen LogP contribution in [0.3, 0.4) is 0 Å². The minimum Gasteiger partial charge on any atom is -0.320 e. The third-order valence-corrected chi connectivity index (χ3v) is 2.00. The lowest BCUT2D eigenvalue weighted by Crippen LogP contribution is -2.10. The topological polar surface area (TPSA) is 98.9 Å². The molecule has 0 aromatic carbocycles. The lowest BCUT2D eigenvalue weighted by atomic mass is 13.6. The molecule has 0 saturated carbocycles. The molecule has 0 unspecified atom stereocenters. The van der Waals surface area contributed by atoms with Gasteiger partial charge in [0, 0.05) is 0 Å². The van der Waals surface area contributed by atoms with Crippen LogP contribution in [0.1, 0.15) is 0 Å². The van der Waals surface area contributed by atoms with E-state index in [2.05, 4.69) is 13.2 Å². The number of hydrogen-bond acceptors (Lipinski definition) is 7. The zero-order chi connectivity index (χ0) is 6.62. The molecule has 1 aliphatic heterocycles. The summed E-state index contributed by atoms with van der Waals surface area (Å²) in [5.41, 5.74) is 0. The average molecular weight is 161 g/mol. The molecule has 3 N–H and O–H groups in total. The number of rotatable bonds is 0. The summed E-state index contributed by atoms with van der Waals surface area (Å²) in [4.78, 5) is 0. The number of nitrogens with two attached hydrogens (primary N) is 1. The van der Waals surface area contributed by atoms with Gasteiger partial charge >= 0.3 is 10.4 Å². The van der Waals surface area contributed by atoms with Crippen LogP contribution >= 0.6 is 12.3 Å². The first-order valence-electron chi connectivity index (χ1n) is 1.26. The molecule has 0 amide bonds. The molecular weight excluding hydrogens is 158 g/mol. The zero-order valence-electron chi connectivity index (χ0n) is 3.47. The normalized spacial score (nSPS) is 22.2. The average Bonchev–Trinajstić information content (AvgIpc) is 1.69. The molecule has 0 aromatic rings. The lowest BCUT2D eigenvalue weighted by Gasteiger charge is -2.05. The van der Waals surface area contributed by atoms with E-state index in [4.69, 9.17) is 5.21 Å². The first-order valence-corrected chi connectivity index (χ1v) is 3.26. The molecule has 1 rings (SSSR count). The van der Waals surface area contributed by atoms with Crippen molar-refractivity contribution in [2.75, 3.05) is 0 Å². The maximum atomic E-state index is 9.62. The van der Waals surface area contributed by atoms with Crippen LogP contribution in [-0.2, 0) is 17.7 Å². The molecule has 8 heteroatoms. The Morgan fingerprint density at radius 2 is 1.62 bits per heavy atom. The molecule has 6 nitrogen and oxygen atoms in total. The van der Waals surface area contributed by atoms with Crippen molar-refractivity contribution in [3.8, 4) is 0 Å². The summed E-state index contributed by atoms with van der Waals surface area (Å²) in [5, 5.41) is 6.50. The summed E-state index contributed by atoms with van der Waals surface area (Å²) < 4.78 is 26.8. The summed E-state index contributed by atoms with van der Waals surface area (Å²) in [6, 6.07) is 0. The van der Waals surface area contributed by atoms with Gasteiger partial charge in [-0.25, -0.2) is 5.90 Å². The smallest absolute Gasteiger partial charge is 0.320 e. The van der Waals surface area contributed by atoms with Gasteiger partial charge < -0.3 is 5.21 Å². The van der Waals surface area contributed by atoms with Crippen molar-refractivity contribution in [1.82, 2.24) is 0 Å². The highest BCUT2D eigenvalue weighted by Gasteiger charge is 2.25. The highest BCUT2D eigenvalue weighted by atomic mass is 32.3. The molecule has 50 valence electrons. The number of hydrogen-bond donors (Lipinski definition) is 2. The van der Waals surface area contributed by atoms with Crippen molar-refractivity contribution in [3.05, 3.63) is 0 Å². The second-order valence-electron chi connectivity index (χ2n) is 0.612. The van der Waals surface area contributed by atoms with Gasteiger partial charge in [-0.1, -0.05) is 0 Å². The molecule has 0 bridgehead atoms. The SMILES string of the molecule is NO.O=S1(=O)OSO1. The van der Waals surface area contributed by atoms with E-state index < -0.39 is 10.4 Å². The van der Waals surface area contributed by atoms with Gasteiger partial charge in [-0.3, -0.25) is 0 Å². The Hall–Kier alpha value is 0.140. The summed E-state index contributed by atoms with van der Waals surface area (Å²) in [6.07, 6.45) is 0. The molecule has 1 fully saturated rings. The van der Waals surface area contributed by atoms with Crippen molar-refractivity contribution in [1.29, 1.82) is 0 Å². The van der Waals surface area contributed by atoms with Gasteiger partial charge in [-0.15, -0.1) is 7.26 Å². The van der Waals surface area contributed by atoms with Crippen LogP contribution in [0.4, 0.5) is 0 Å². The van der Waals surface area contributed by atoms with Crippen LogP contribution in [0.15, 0.2) is 0 Å². The first-order chi connectivity index (χ1) is 3.71. The fourth-order valence-corrected chi connectivity index (χ4v) is 0.658. The Morgan fingerprint density at radius 1 is 1.38 bits per heavy atom. The van der Waals surface area contributed by atoms with Crippen LogP contribution in [0.5, 0.6) is 0 Å². The summed E-state index contributed by atoms with van der Waals surface area (Å²) in [6.45, 7) is 0. The minimum atomic E-state index is -3.52.